The van der Waals surface area contributed by atoms with Gasteiger partial charge in [0.25, 0.3) is 0 Å². The van der Waals surface area contributed by atoms with E-state index >= 15 is 0 Å². The number of allylic oxidation sites excluding steroid dienone is 2. The second-order valence-corrected chi connectivity index (χ2v) is 1.54. The Morgan fingerprint density at radius 1 is 1.09 bits per heavy atom. The van der Waals surface area contributed by atoms with Crippen molar-refractivity contribution in [3.05, 3.63) is 36.8 Å². The molecule has 0 amide bonds. The number of rotatable bonds is 2. The molecule has 0 atom stereocenters. The maximum atomic E-state index is 4.97. The lowest BCUT2D eigenvalue weighted by molar-refractivity contribution is 0.0778. The molecule has 0 unspecified atom stereocenters. The average molecular weight is 154 g/mol. The SMILES string of the molecule is C=CC1=C(C=C)OCO1.CC. The molecule has 11 heavy (non-hydrogen) atoms. The number of ether oxygens (including phenoxy) is 2. The van der Waals surface area contributed by atoms with E-state index in [2.05, 4.69) is 13.2 Å². The van der Waals surface area contributed by atoms with E-state index in [1.165, 1.54) is 0 Å². The van der Waals surface area contributed by atoms with Crippen LogP contribution in [0.5, 0.6) is 0 Å². The maximum absolute atomic E-state index is 4.97. The van der Waals surface area contributed by atoms with E-state index in [1.54, 1.807) is 12.2 Å². The Hall–Kier alpha value is -1.18. The van der Waals surface area contributed by atoms with Crippen LogP contribution >= 0.6 is 0 Å². The summed E-state index contributed by atoms with van der Waals surface area (Å²) in [4.78, 5) is 0. The van der Waals surface area contributed by atoms with Gasteiger partial charge in [-0.25, -0.2) is 0 Å². The summed E-state index contributed by atoms with van der Waals surface area (Å²) in [7, 11) is 0. The van der Waals surface area contributed by atoms with Crippen molar-refractivity contribution >= 4 is 0 Å². The molecule has 2 nitrogen and oxygen atoms in total. The third-order valence-electron chi connectivity index (χ3n) is 1.04. The zero-order valence-corrected chi connectivity index (χ0v) is 7.09. The lowest BCUT2D eigenvalue weighted by atomic mass is 10.4. The van der Waals surface area contributed by atoms with E-state index in [-0.39, 0.29) is 6.79 Å². The van der Waals surface area contributed by atoms with Gasteiger partial charge in [-0.05, 0) is 12.2 Å². The number of hydrogen-bond donors (Lipinski definition) is 0. The summed E-state index contributed by atoms with van der Waals surface area (Å²) in [5, 5.41) is 0. The minimum absolute atomic E-state index is 0.280. The van der Waals surface area contributed by atoms with Crippen molar-refractivity contribution in [3.63, 3.8) is 0 Å². The molecule has 62 valence electrons. The van der Waals surface area contributed by atoms with E-state index < -0.39 is 0 Å². The third kappa shape index (κ3) is 2.50. The van der Waals surface area contributed by atoms with E-state index in [4.69, 9.17) is 9.47 Å². The fraction of sp³-hybridized carbons (Fsp3) is 0.333. The van der Waals surface area contributed by atoms with E-state index in [0.717, 1.165) is 0 Å². The van der Waals surface area contributed by atoms with Gasteiger partial charge < -0.3 is 9.47 Å². The molecule has 2 heteroatoms. The quantitative estimate of drug-likeness (QED) is 0.608. The first kappa shape index (κ1) is 9.82. The van der Waals surface area contributed by atoms with Crippen LogP contribution in [0, 0.1) is 0 Å². The molecule has 0 radical (unpaired) electrons. The monoisotopic (exact) mass is 154 g/mol. The summed E-state index contributed by atoms with van der Waals surface area (Å²) >= 11 is 0. The van der Waals surface area contributed by atoms with Crippen LogP contribution in [0.15, 0.2) is 36.8 Å². The van der Waals surface area contributed by atoms with Crippen LogP contribution in [-0.2, 0) is 9.47 Å². The molecular formula is C9H14O2. The van der Waals surface area contributed by atoms with Crippen molar-refractivity contribution in [2.75, 3.05) is 6.79 Å². The van der Waals surface area contributed by atoms with Crippen molar-refractivity contribution in [3.8, 4) is 0 Å². The molecule has 1 aliphatic rings. The molecule has 0 aromatic heterocycles. The second kappa shape index (κ2) is 5.59. The molecule has 0 aromatic rings. The van der Waals surface area contributed by atoms with Crippen LogP contribution in [0.4, 0.5) is 0 Å². The molecule has 1 aliphatic heterocycles. The first-order chi connectivity index (χ1) is 5.38. The largest absolute Gasteiger partial charge is 0.454 e. The van der Waals surface area contributed by atoms with Crippen LogP contribution in [0.25, 0.3) is 0 Å². The summed E-state index contributed by atoms with van der Waals surface area (Å²) in [5.41, 5.74) is 0. The molecule has 1 rings (SSSR count). The standard InChI is InChI=1S/C7H8O2.C2H6/c1-3-6-7(4-2)9-5-8-6;1-2/h3-4H,1-2,5H2;1-2H3. The van der Waals surface area contributed by atoms with Crippen molar-refractivity contribution in [1.29, 1.82) is 0 Å². The maximum Gasteiger partial charge on any atom is 0.231 e. The van der Waals surface area contributed by atoms with Crippen molar-refractivity contribution < 1.29 is 9.47 Å². The van der Waals surface area contributed by atoms with E-state index in [9.17, 15) is 0 Å². The van der Waals surface area contributed by atoms with Gasteiger partial charge in [0.2, 0.25) is 6.79 Å². The first-order valence-electron chi connectivity index (χ1n) is 3.63. The smallest absolute Gasteiger partial charge is 0.231 e. The Labute approximate surface area is 67.8 Å². The molecule has 0 aliphatic carbocycles. The number of hydrogen-bond acceptors (Lipinski definition) is 2. The fourth-order valence-electron chi connectivity index (χ4n) is 0.618. The lowest BCUT2D eigenvalue weighted by Gasteiger charge is -1.88. The van der Waals surface area contributed by atoms with Crippen LogP contribution in [0.2, 0.25) is 0 Å². The third-order valence-corrected chi connectivity index (χ3v) is 1.04. The van der Waals surface area contributed by atoms with Gasteiger partial charge in [-0.15, -0.1) is 0 Å². The molecule has 0 saturated heterocycles. The van der Waals surface area contributed by atoms with Crippen LogP contribution < -0.4 is 0 Å². The van der Waals surface area contributed by atoms with Gasteiger partial charge in [0.1, 0.15) is 0 Å². The second-order valence-electron chi connectivity index (χ2n) is 1.54. The fourth-order valence-corrected chi connectivity index (χ4v) is 0.618. The zero-order valence-electron chi connectivity index (χ0n) is 7.09. The van der Waals surface area contributed by atoms with Gasteiger partial charge in [-0.2, -0.15) is 0 Å². The van der Waals surface area contributed by atoms with Crippen LogP contribution in [0.3, 0.4) is 0 Å². The summed E-state index contributed by atoms with van der Waals surface area (Å²) < 4.78 is 9.95. The van der Waals surface area contributed by atoms with Crippen molar-refractivity contribution in [1.82, 2.24) is 0 Å². The van der Waals surface area contributed by atoms with Gasteiger partial charge in [0, 0.05) is 0 Å². The zero-order chi connectivity index (χ0) is 8.69. The van der Waals surface area contributed by atoms with Crippen molar-refractivity contribution in [2.45, 2.75) is 13.8 Å². The highest BCUT2D eigenvalue weighted by atomic mass is 16.7. The van der Waals surface area contributed by atoms with Gasteiger partial charge in [0.05, 0.1) is 0 Å². The molecule has 0 spiro atoms. The molecular weight excluding hydrogens is 140 g/mol. The summed E-state index contributed by atoms with van der Waals surface area (Å²) in [6.45, 7) is 11.3. The molecule has 0 fully saturated rings. The highest BCUT2D eigenvalue weighted by Gasteiger charge is 2.09. The topological polar surface area (TPSA) is 18.5 Å². The lowest BCUT2D eigenvalue weighted by Crippen LogP contribution is -1.80. The Morgan fingerprint density at radius 3 is 1.73 bits per heavy atom. The van der Waals surface area contributed by atoms with Gasteiger partial charge >= 0.3 is 0 Å². The molecule has 0 aromatic carbocycles. The highest BCUT2D eigenvalue weighted by molar-refractivity contribution is 5.23. The predicted octanol–water partition coefficient (Wildman–Crippen LogP) is 2.60. The molecule has 1 heterocycles. The predicted molar refractivity (Wildman–Crippen MR) is 45.8 cm³/mol. The van der Waals surface area contributed by atoms with Gasteiger partial charge in [0.15, 0.2) is 11.5 Å². The van der Waals surface area contributed by atoms with Crippen LogP contribution in [-0.4, -0.2) is 6.79 Å². The molecule has 0 N–H and O–H groups in total. The summed E-state index contributed by atoms with van der Waals surface area (Å²) in [5.74, 6) is 1.34. The molecule has 0 saturated carbocycles. The molecule has 0 bridgehead atoms. The Morgan fingerprint density at radius 2 is 1.45 bits per heavy atom. The average Bonchev–Trinajstić information content (AvgIpc) is 2.54. The van der Waals surface area contributed by atoms with Gasteiger partial charge in [-0.3, -0.25) is 0 Å². The van der Waals surface area contributed by atoms with E-state index in [0.29, 0.717) is 11.5 Å². The van der Waals surface area contributed by atoms with E-state index in [1.807, 2.05) is 13.8 Å². The van der Waals surface area contributed by atoms with Crippen LogP contribution in [0.1, 0.15) is 13.8 Å². The Balaban J connectivity index is 0.000000461. The van der Waals surface area contributed by atoms with Gasteiger partial charge in [-0.1, -0.05) is 27.0 Å². The highest BCUT2D eigenvalue weighted by Crippen LogP contribution is 2.16. The normalized spacial score (nSPS) is 14.0. The van der Waals surface area contributed by atoms with Crippen molar-refractivity contribution in [2.24, 2.45) is 0 Å². The first-order valence-corrected chi connectivity index (χ1v) is 3.63. The Bertz CT molecular complexity index is 150. The summed E-state index contributed by atoms with van der Waals surface area (Å²) in [6, 6.07) is 0. The minimum atomic E-state index is 0.280. The Kier molecular flexibility index (Phi) is 4.99. The minimum Gasteiger partial charge on any atom is -0.454 e. The summed E-state index contributed by atoms with van der Waals surface area (Å²) in [6.07, 6.45) is 3.20.